The molecular formula is C22H38N4O9S. The first-order valence-electron chi connectivity index (χ1n) is 12.2. The lowest BCUT2D eigenvalue weighted by Crippen LogP contribution is -2.70. The van der Waals surface area contributed by atoms with Gasteiger partial charge in [-0.25, -0.2) is 14.4 Å². The first kappa shape index (κ1) is 28.4. The Morgan fingerprint density at radius 1 is 0.972 bits per heavy atom. The second-order valence-electron chi connectivity index (χ2n) is 10.1. The van der Waals surface area contributed by atoms with Gasteiger partial charge in [-0.2, -0.15) is 17.0 Å². The van der Waals surface area contributed by atoms with Gasteiger partial charge < -0.3 is 28.7 Å². The van der Waals surface area contributed by atoms with E-state index in [0.29, 0.717) is 6.42 Å². The minimum absolute atomic E-state index is 0.0485. The maximum Gasteiger partial charge on any atom is 0.410 e. The number of rotatable bonds is 7. The zero-order valence-corrected chi connectivity index (χ0v) is 22.5. The lowest BCUT2D eigenvalue weighted by Gasteiger charge is -2.47. The average Bonchev–Trinajstić information content (AvgIpc) is 3.07. The highest BCUT2D eigenvalue weighted by molar-refractivity contribution is 7.86. The topological polar surface area (TPSA) is 135 Å². The molecule has 3 saturated heterocycles. The van der Waals surface area contributed by atoms with Crippen molar-refractivity contribution >= 4 is 28.4 Å². The maximum absolute atomic E-state index is 13.9. The number of hydrogen-bond acceptors (Lipinski definition) is 9. The number of hydrogen-bond donors (Lipinski definition) is 0. The molecule has 0 aromatic carbocycles. The first-order valence-corrected chi connectivity index (χ1v) is 13.6. The highest BCUT2D eigenvalue weighted by Gasteiger charge is 2.63. The van der Waals surface area contributed by atoms with Crippen LogP contribution in [0.15, 0.2) is 0 Å². The van der Waals surface area contributed by atoms with Gasteiger partial charge in [0.1, 0.15) is 12.2 Å². The number of carbonyl (C=O) groups is 3. The van der Waals surface area contributed by atoms with Gasteiger partial charge in [-0.1, -0.05) is 0 Å². The van der Waals surface area contributed by atoms with Crippen LogP contribution in [-0.4, -0.2) is 128 Å². The molecule has 2 bridgehead atoms. The number of likely N-dealkylation sites (tertiary alicyclic amines) is 1. The molecule has 3 aliphatic rings. The molecule has 13 nitrogen and oxygen atoms in total. The molecule has 0 aromatic rings. The van der Waals surface area contributed by atoms with Crippen molar-refractivity contribution in [3.8, 4) is 0 Å². The summed E-state index contributed by atoms with van der Waals surface area (Å²) in [6, 6.07) is -0.605. The first-order chi connectivity index (χ1) is 16.9. The standard InChI is InChI=1S/C22H38N4O9S/c1-6-33-18(27)22-8-7-17(15-24(16-22)19(28)34-14-13-32-5)26(22)36(30,31)25-11-9-23(10-12-25)20(29)35-21(2,3)4/h17H,6-16H2,1-5H3. The SMILES string of the molecule is CCOC(=O)C12CCC(CN(C(=O)OCCOC)C1)N2S(=O)(=O)N1CCN(C(=O)OC(C)(C)C)CC1. The van der Waals surface area contributed by atoms with Gasteiger partial charge in [0.2, 0.25) is 0 Å². The van der Waals surface area contributed by atoms with Crippen molar-refractivity contribution in [2.24, 2.45) is 0 Å². The van der Waals surface area contributed by atoms with E-state index in [2.05, 4.69) is 0 Å². The van der Waals surface area contributed by atoms with Crippen LogP contribution in [0.25, 0.3) is 0 Å². The third-order valence-corrected chi connectivity index (χ3v) is 8.58. The largest absolute Gasteiger partial charge is 0.465 e. The van der Waals surface area contributed by atoms with Gasteiger partial charge in [-0.15, -0.1) is 0 Å². The molecule has 3 rings (SSSR count). The Kier molecular flexibility index (Phi) is 8.74. The molecule has 0 aromatic heterocycles. The molecule has 0 aliphatic carbocycles. The molecule has 206 valence electrons. The van der Waals surface area contributed by atoms with Gasteiger partial charge >= 0.3 is 18.2 Å². The zero-order valence-electron chi connectivity index (χ0n) is 21.7. The van der Waals surface area contributed by atoms with Crippen LogP contribution in [0.2, 0.25) is 0 Å². The minimum Gasteiger partial charge on any atom is -0.465 e. The van der Waals surface area contributed by atoms with Crippen molar-refractivity contribution in [3.63, 3.8) is 0 Å². The minimum atomic E-state index is -4.11. The fourth-order valence-electron chi connectivity index (χ4n) is 4.86. The number of carbonyl (C=O) groups excluding carboxylic acids is 3. The van der Waals surface area contributed by atoms with Gasteiger partial charge in [0, 0.05) is 45.9 Å². The normalized spacial score (nSPS) is 25.5. The molecule has 3 fully saturated rings. The van der Waals surface area contributed by atoms with Gasteiger partial charge in [-0.3, -0.25) is 0 Å². The van der Waals surface area contributed by atoms with Crippen LogP contribution < -0.4 is 0 Å². The van der Waals surface area contributed by atoms with E-state index >= 15 is 0 Å². The number of esters is 1. The molecule has 0 N–H and O–H groups in total. The van der Waals surface area contributed by atoms with Crippen molar-refractivity contribution in [1.82, 2.24) is 18.4 Å². The molecule has 2 atom stereocenters. The van der Waals surface area contributed by atoms with Crippen LogP contribution in [0, 0.1) is 0 Å². The van der Waals surface area contributed by atoms with E-state index in [9.17, 15) is 22.8 Å². The number of methoxy groups -OCH3 is 1. The quantitative estimate of drug-likeness (QED) is 0.262. The highest BCUT2D eigenvalue weighted by Crippen LogP contribution is 2.43. The summed E-state index contributed by atoms with van der Waals surface area (Å²) in [6.07, 6.45) is -0.494. The number of amides is 2. The highest BCUT2D eigenvalue weighted by atomic mass is 32.2. The van der Waals surface area contributed by atoms with Gasteiger partial charge in [0.15, 0.2) is 5.54 Å². The second-order valence-corrected chi connectivity index (χ2v) is 11.9. The Morgan fingerprint density at radius 3 is 2.22 bits per heavy atom. The molecule has 0 spiro atoms. The van der Waals surface area contributed by atoms with Crippen LogP contribution in [0.4, 0.5) is 9.59 Å². The monoisotopic (exact) mass is 534 g/mol. The van der Waals surface area contributed by atoms with E-state index in [4.69, 9.17) is 18.9 Å². The van der Waals surface area contributed by atoms with Crippen LogP contribution in [0.1, 0.15) is 40.5 Å². The van der Waals surface area contributed by atoms with Gasteiger partial charge in [-0.05, 0) is 40.5 Å². The predicted octanol–water partition coefficient (Wildman–Crippen LogP) is 0.649. The van der Waals surface area contributed by atoms with Crippen molar-refractivity contribution < 1.29 is 41.7 Å². The molecule has 3 aliphatic heterocycles. The summed E-state index contributed by atoms with van der Waals surface area (Å²) < 4.78 is 51.1. The maximum atomic E-state index is 13.9. The summed E-state index contributed by atoms with van der Waals surface area (Å²) in [5.74, 6) is -0.683. The third-order valence-electron chi connectivity index (χ3n) is 6.42. The van der Waals surface area contributed by atoms with Gasteiger partial charge in [0.25, 0.3) is 10.2 Å². The second kappa shape index (κ2) is 11.1. The Balaban J connectivity index is 1.78. The summed E-state index contributed by atoms with van der Waals surface area (Å²) in [5, 5.41) is 0. The van der Waals surface area contributed by atoms with Crippen molar-refractivity contribution in [2.45, 2.75) is 57.7 Å². The molecule has 14 heteroatoms. The molecular weight excluding hydrogens is 496 g/mol. The number of ether oxygens (including phenoxy) is 4. The summed E-state index contributed by atoms with van der Waals surface area (Å²) in [4.78, 5) is 41.1. The van der Waals surface area contributed by atoms with E-state index in [0.717, 1.165) is 0 Å². The lowest BCUT2D eigenvalue weighted by atomic mass is 9.97. The van der Waals surface area contributed by atoms with Crippen LogP contribution in [0.5, 0.6) is 0 Å². The van der Waals surface area contributed by atoms with Crippen LogP contribution in [-0.2, 0) is 34.0 Å². The number of fused-ring (bicyclic) bond motifs is 2. The third kappa shape index (κ3) is 5.87. The van der Waals surface area contributed by atoms with E-state index in [-0.39, 0.29) is 65.5 Å². The van der Waals surface area contributed by atoms with Crippen molar-refractivity contribution in [3.05, 3.63) is 0 Å². The van der Waals surface area contributed by atoms with Gasteiger partial charge in [0.05, 0.1) is 19.8 Å². The average molecular weight is 535 g/mol. The summed E-state index contributed by atoms with van der Waals surface area (Å²) in [7, 11) is -2.62. The Hall–Kier alpha value is -2.16. The summed E-state index contributed by atoms with van der Waals surface area (Å²) in [6.45, 7) is 7.69. The Bertz CT molecular complexity index is 930. The predicted molar refractivity (Wildman–Crippen MR) is 127 cm³/mol. The van der Waals surface area contributed by atoms with E-state index in [1.54, 1.807) is 27.7 Å². The lowest BCUT2D eigenvalue weighted by molar-refractivity contribution is -0.156. The molecule has 0 radical (unpaired) electrons. The number of nitrogens with zero attached hydrogens (tertiary/aromatic N) is 4. The zero-order chi connectivity index (χ0) is 26.7. The van der Waals surface area contributed by atoms with Crippen molar-refractivity contribution in [1.29, 1.82) is 0 Å². The van der Waals surface area contributed by atoms with Crippen molar-refractivity contribution in [2.75, 3.05) is 66.2 Å². The fourth-order valence-corrected chi connectivity index (χ4v) is 6.94. The van der Waals surface area contributed by atoms with Crippen LogP contribution in [0.3, 0.4) is 0 Å². The number of piperazine rings is 2. The van der Waals surface area contributed by atoms with E-state index in [1.807, 2.05) is 0 Å². The summed E-state index contributed by atoms with van der Waals surface area (Å²) >= 11 is 0. The molecule has 3 heterocycles. The molecule has 36 heavy (non-hydrogen) atoms. The Morgan fingerprint density at radius 2 is 1.64 bits per heavy atom. The molecule has 0 saturated carbocycles. The molecule has 2 amide bonds. The fraction of sp³-hybridized carbons (Fsp3) is 0.864. The summed E-state index contributed by atoms with van der Waals surface area (Å²) in [5.41, 5.74) is -2.20. The Labute approximate surface area is 212 Å². The van der Waals surface area contributed by atoms with E-state index in [1.165, 1.54) is 25.5 Å². The molecule has 2 unspecified atom stereocenters. The smallest absolute Gasteiger partial charge is 0.410 e. The van der Waals surface area contributed by atoms with Crippen LogP contribution >= 0.6 is 0 Å². The van der Waals surface area contributed by atoms with E-state index < -0.39 is 45.5 Å².